The minimum atomic E-state index is -0.251. The fraction of sp³-hybridized carbons (Fsp3) is 0.200. The summed E-state index contributed by atoms with van der Waals surface area (Å²) in [6, 6.07) is 8.95. The van der Waals surface area contributed by atoms with Crippen molar-refractivity contribution in [2.24, 2.45) is 0 Å². The molecule has 1 amide bonds. The Morgan fingerprint density at radius 1 is 1.30 bits per heavy atom. The Morgan fingerprint density at radius 3 is 2.70 bits per heavy atom. The molecule has 5 heteroatoms. The van der Waals surface area contributed by atoms with Gasteiger partial charge in [0.1, 0.15) is 5.75 Å². The Kier molecular flexibility index (Phi) is 4.68. The number of hydrogen-bond donors (Lipinski definition) is 2. The normalized spacial score (nSPS) is 10.1. The van der Waals surface area contributed by atoms with Gasteiger partial charge in [0.15, 0.2) is 0 Å². The van der Waals surface area contributed by atoms with Crippen molar-refractivity contribution in [2.75, 3.05) is 19.0 Å². The van der Waals surface area contributed by atoms with Crippen molar-refractivity contribution in [1.82, 2.24) is 4.98 Å². The van der Waals surface area contributed by atoms with Crippen molar-refractivity contribution in [3.63, 3.8) is 0 Å². The van der Waals surface area contributed by atoms with E-state index in [4.69, 9.17) is 9.84 Å². The standard InChI is InChI=1S/C15H16N2O3/c1-20-14-10-16-8-6-13(14)15(19)17-12-4-2-11(3-5-12)7-9-18/h2-6,8,10,18H,7,9H2,1H3,(H,17,19). The lowest BCUT2D eigenvalue weighted by molar-refractivity contribution is 0.102. The van der Waals surface area contributed by atoms with Gasteiger partial charge in [0.25, 0.3) is 5.91 Å². The molecule has 0 saturated heterocycles. The number of methoxy groups -OCH3 is 1. The molecule has 0 aliphatic carbocycles. The molecule has 0 atom stereocenters. The molecule has 0 aliphatic heterocycles. The van der Waals surface area contributed by atoms with Crippen LogP contribution in [0.4, 0.5) is 5.69 Å². The summed E-state index contributed by atoms with van der Waals surface area (Å²) >= 11 is 0. The number of aromatic nitrogens is 1. The molecule has 1 aromatic heterocycles. The van der Waals surface area contributed by atoms with Gasteiger partial charge in [0, 0.05) is 18.5 Å². The quantitative estimate of drug-likeness (QED) is 0.871. The number of hydrogen-bond acceptors (Lipinski definition) is 4. The number of pyridine rings is 1. The van der Waals surface area contributed by atoms with E-state index >= 15 is 0 Å². The minimum Gasteiger partial charge on any atom is -0.494 e. The van der Waals surface area contributed by atoms with Crippen LogP contribution in [-0.4, -0.2) is 29.7 Å². The highest BCUT2D eigenvalue weighted by molar-refractivity contribution is 6.06. The summed E-state index contributed by atoms with van der Waals surface area (Å²) in [4.78, 5) is 16.1. The second-order valence-corrected chi connectivity index (χ2v) is 4.20. The highest BCUT2D eigenvalue weighted by Gasteiger charge is 2.11. The number of anilines is 1. The third kappa shape index (κ3) is 3.33. The Morgan fingerprint density at radius 2 is 2.05 bits per heavy atom. The van der Waals surface area contributed by atoms with E-state index in [1.54, 1.807) is 24.4 Å². The van der Waals surface area contributed by atoms with Gasteiger partial charge in [-0.2, -0.15) is 0 Å². The minimum absolute atomic E-state index is 0.111. The first-order chi connectivity index (χ1) is 9.74. The van der Waals surface area contributed by atoms with E-state index in [0.29, 0.717) is 23.4 Å². The molecule has 0 saturated carbocycles. The van der Waals surface area contributed by atoms with Crippen LogP contribution < -0.4 is 10.1 Å². The number of amides is 1. The second-order valence-electron chi connectivity index (χ2n) is 4.20. The van der Waals surface area contributed by atoms with Crippen molar-refractivity contribution in [3.8, 4) is 5.75 Å². The Hall–Kier alpha value is -2.40. The zero-order chi connectivity index (χ0) is 14.4. The van der Waals surface area contributed by atoms with Crippen molar-refractivity contribution >= 4 is 11.6 Å². The molecule has 0 aliphatic rings. The van der Waals surface area contributed by atoms with Gasteiger partial charge in [-0.05, 0) is 30.2 Å². The van der Waals surface area contributed by atoms with Crippen molar-refractivity contribution in [2.45, 2.75) is 6.42 Å². The van der Waals surface area contributed by atoms with Crippen LogP contribution in [0, 0.1) is 0 Å². The summed E-state index contributed by atoms with van der Waals surface area (Å²) in [5, 5.41) is 11.6. The van der Waals surface area contributed by atoms with Gasteiger partial charge in [0.05, 0.1) is 18.9 Å². The number of benzene rings is 1. The summed E-state index contributed by atoms with van der Waals surface area (Å²) in [7, 11) is 1.50. The summed E-state index contributed by atoms with van der Waals surface area (Å²) in [5.74, 6) is 0.182. The van der Waals surface area contributed by atoms with E-state index in [1.807, 2.05) is 12.1 Å². The van der Waals surface area contributed by atoms with Gasteiger partial charge < -0.3 is 15.2 Å². The first kappa shape index (κ1) is 14.0. The molecule has 0 unspecified atom stereocenters. The van der Waals surface area contributed by atoms with Crippen LogP contribution in [-0.2, 0) is 6.42 Å². The number of carbonyl (C=O) groups excluding carboxylic acids is 1. The van der Waals surface area contributed by atoms with E-state index in [9.17, 15) is 4.79 Å². The maximum atomic E-state index is 12.1. The topological polar surface area (TPSA) is 71.5 Å². The fourth-order valence-corrected chi connectivity index (χ4v) is 1.81. The van der Waals surface area contributed by atoms with Gasteiger partial charge in [-0.3, -0.25) is 9.78 Å². The smallest absolute Gasteiger partial charge is 0.259 e. The summed E-state index contributed by atoms with van der Waals surface area (Å²) in [5.41, 5.74) is 2.14. The molecule has 1 aromatic carbocycles. The molecule has 5 nitrogen and oxygen atoms in total. The number of nitrogens with one attached hydrogen (secondary N) is 1. The van der Waals surface area contributed by atoms with Crippen LogP contribution in [0.2, 0.25) is 0 Å². The van der Waals surface area contributed by atoms with Gasteiger partial charge in [-0.1, -0.05) is 12.1 Å². The van der Waals surface area contributed by atoms with Crippen LogP contribution in [0.5, 0.6) is 5.75 Å². The van der Waals surface area contributed by atoms with E-state index in [1.165, 1.54) is 13.3 Å². The van der Waals surface area contributed by atoms with Gasteiger partial charge in [-0.15, -0.1) is 0 Å². The fourth-order valence-electron chi connectivity index (χ4n) is 1.81. The zero-order valence-corrected chi connectivity index (χ0v) is 11.2. The first-order valence-electron chi connectivity index (χ1n) is 6.23. The predicted octanol–water partition coefficient (Wildman–Crippen LogP) is 1.88. The van der Waals surface area contributed by atoms with E-state index in [2.05, 4.69) is 10.3 Å². The Bertz CT molecular complexity index is 582. The first-order valence-corrected chi connectivity index (χ1v) is 6.23. The van der Waals surface area contributed by atoms with Crippen molar-refractivity contribution in [1.29, 1.82) is 0 Å². The number of nitrogens with zero attached hydrogens (tertiary/aromatic N) is 1. The number of rotatable bonds is 5. The maximum Gasteiger partial charge on any atom is 0.259 e. The van der Waals surface area contributed by atoms with Crippen LogP contribution in [0.3, 0.4) is 0 Å². The molecule has 20 heavy (non-hydrogen) atoms. The molecule has 2 N–H and O–H groups in total. The average molecular weight is 272 g/mol. The molecule has 2 rings (SSSR count). The third-order valence-corrected chi connectivity index (χ3v) is 2.86. The number of aliphatic hydroxyl groups excluding tert-OH is 1. The molecule has 1 heterocycles. The van der Waals surface area contributed by atoms with Crippen LogP contribution in [0.15, 0.2) is 42.7 Å². The zero-order valence-electron chi connectivity index (χ0n) is 11.2. The van der Waals surface area contributed by atoms with Crippen LogP contribution in [0.1, 0.15) is 15.9 Å². The molecule has 0 spiro atoms. The highest BCUT2D eigenvalue weighted by atomic mass is 16.5. The van der Waals surface area contributed by atoms with Gasteiger partial charge in [-0.25, -0.2) is 0 Å². The van der Waals surface area contributed by atoms with Gasteiger partial charge in [0.2, 0.25) is 0 Å². The molecular weight excluding hydrogens is 256 g/mol. The number of carbonyl (C=O) groups is 1. The lowest BCUT2D eigenvalue weighted by atomic mass is 10.1. The predicted molar refractivity (Wildman–Crippen MR) is 76.0 cm³/mol. The highest BCUT2D eigenvalue weighted by Crippen LogP contribution is 2.18. The number of ether oxygens (including phenoxy) is 1. The van der Waals surface area contributed by atoms with Crippen molar-refractivity contribution in [3.05, 3.63) is 53.9 Å². The molecule has 2 aromatic rings. The average Bonchev–Trinajstić information content (AvgIpc) is 2.49. The lowest BCUT2D eigenvalue weighted by Crippen LogP contribution is -2.13. The largest absolute Gasteiger partial charge is 0.494 e. The molecule has 104 valence electrons. The monoisotopic (exact) mass is 272 g/mol. The number of aliphatic hydroxyl groups is 1. The summed E-state index contributed by atoms with van der Waals surface area (Å²) in [6.45, 7) is 0.111. The van der Waals surface area contributed by atoms with Gasteiger partial charge >= 0.3 is 0 Å². The molecule has 0 radical (unpaired) electrons. The van der Waals surface area contributed by atoms with Crippen molar-refractivity contribution < 1.29 is 14.6 Å². The molecule has 0 bridgehead atoms. The second kappa shape index (κ2) is 6.68. The van der Waals surface area contributed by atoms with Crippen LogP contribution >= 0.6 is 0 Å². The van der Waals surface area contributed by atoms with E-state index in [0.717, 1.165) is 5.56 Å². The van der Waals surface area contributed by atoms with Crippen LogP contribution in [0.25, 0.3) is 0 Å². The van der Waals surface area contributed by atoms with E-state index in [-0.39, 0.29) is 12.5 Å². The summed E-state index contributed by atoms with van der Waals surface area (Å²) < 4.78 is 5.10. The van der Waals surface area contributed by atoms with E-state index < -0.39 is 0 Å². The Labute approximate surface area is 117 Å². The Balaban J connectivity index is 2.11. The SMILES string of the molecule is COc1cnccc1C(=O)Nc1ccc(CCO)cc1. The third-order valence-electron chi connectivity index (χ3n) is 2.86. The maximum absolute atomic E-state index is 12.1. The molecule has 0 fully saturated rings. The molecular formula is C15H16N2O3. The summed E-state index contributed by atoms with van der Waals surface area (Å²) in [6.07, 6.45) is 3.65. The lowest BCUT2D eigenvalue weighted by Gasteiger charge is -2.09.